The van der Waals surface area contributed by atoms with Gasteiger partial charge >= 0.3 is 0 Å². The molecule has 0 aromatic heterocycles. The Morgan fingerprint density at radius 3 is 2.37 bits per heavy atom. The first-order chi connectivity index (χ1) is 9.13. The van der Waals surface area contributed by atoms with E-state index >= 15 is 0 Å². The Bertz CT molecular complexity index is 609. The quantitative estimate of drug-likeness (QED) is 0.900. The summed E-state index contributed by atoms with van der Waals surface area (Å²) in [7, 11) is 0. The molecule has 0 aliphatic carbocycles. The third-order valence-electron chi connectivity index (χ3n) is 2.90. The van der Waals surface area contributed by atoms with Crippen molar-refractivity contribution in [2.45, 2.75) is 12.0 Å². The highest BCUT2D eigenvalue weighted by Gasteiger charge is 2.22. The molecule has 0 amide bonds. The van der Waals surface area contributed by atoms with Gasteiger partial charge in [-0.05, 0) is 39.2 Å². The molecular weight excluding hydrogens is 326 g/mol. The van der Waals surface area contributed by atoms with Crippen LogP contribution in [-0.2, 0) is 0 Å². The highest BCUT2D eigenvalue weighted by Crippen LogP contribution is 2.33. The van der Waals surface area contributed by atoms with Crippen LogP contribution in [0.1, 0.15) is 23.1 Å². The van der Waals surface area contributed by atoms with E-state index in [0.29, 0.717) is 16.1 Å². The molecule has 1 N–H and O–H groups in total. The molecule has 0 aliphatic rings. The maximum Gasteiger partial charge on any atom is 0.101 e. The van der Waals surface area contributed by atoms with E-state index in [2.05, 4.69) is 22.0 Å². The van der Waals surface area contributed by atoms with Gasteiger partial charge in [0.05, 0.1) is 17.2 Å². The zero-order valence-electron chi connectivity index (χ0n) is 9.92. The van der Waals surface area contributed by atoms with Gasteiger partial charge in [-0.3, -0.25) is 0 Å². The molecule has 0 radical (unpaired) electrons. The maximum absolute atomic E-state index is 10.3. The Balaban J connectivity index is 2.35. The van der Waals surface area contributed by atoms with Gasteiger partial charge in [0.25, 0.3) is 0 Å². The lowest BCUT2D eigenvalue weighted by molar-refractivity contribution is 0.164. The fourth-order valence-electron chi connectivity index (χ4n) is 1.88. The molecule has 2 aromatic carbocycles. The summed E-state index contributed by atoms with van der Waals surface area (Å²) in [5.74, 6) is -0.645. The zero-order chi connectivity index (χ0) is 13.8. The second-order valence-electron chi connectivity index (χ2n) is 4.14. The number of benzene rings is 2. The van der Waals surface area contributed by atoms with Crippen molar-refractivity contribution in [3.8, 4) is 6.07 Å². The van der Waals surface area contributed by atoms with Gasteiger partial charge < -0.3 is 5.11 Å². The zero-order valence-corrected chi connectivity index (χ0v) is 12.3. The van der Waals surface area contributed by atoms with E-state index in [-0.39, 0.29) is 0 Å². The van der Waals surface area contributed by atoms with Crippen LogP contribution in [0.15, 0.2) is 53.0 Å². The second kappa shape index (κ2) is 6.21. The standard InChI is InChI=1S/C15H11BrClNO/c16-13-7-6-11(8-14(13)17)12(9-18)15(19)10-4-2-1-3-5-10/h1-8,12,15,19H. The predicted octanol–water partition coefficient (Wildman–Crippen LogP) is 4.44. The van der Waals surface area contributed by atoms with Crippen LogP contribution in [0.5, 0.6) is 0 Å². The van der Waals surface area contributed by atoms with Crippen molar-refractivity contribution < 1.29 is 5.11 Å². The van der Waals surface area contributed by atoms with Crippen molar-refractivity contribution in [3.63, 3.8) is 0 Å². The minimum absolute atomic E-state index is 0.526. The average molecular weight is 337 g/mol. The van der Waals surface area contributed by atoms with Crippen LogP contribution in [0.25, 0.3) is 0 Å². The Morgan fingerprint density at radius 2 is 1.79 bits per heavy atom. The summed E-state index contributed by atoms with van der Waals surface area (Å²) >= 11 is 9.33. The van der Waals surface area contributed by atoms with Gasteiger partial charge in [0.15, 0.2) is 0 Å². The fraction of sp³-hybridized carbons (Fsp3) is 0.133. The molecule has 2 aromatic rings. The van der Waals surface area contributed by atoms with Crippen LogP contribution in [0.3, 0.4) is 0 Å². The second-order valence-corrected chi connectivity index (χ2v) is 5.40. The van der Waals surface area contributed by atoms with Crippen molar-refractivity contribution in [2.24, 2.45) is 0 Å². The van der Waals surface area contributed by atoms with Crippen molar-refractivity contribution >= 4 is 27.5 Å². The van der Waals surface area contributed by atoms with E-state index in [1.54, 1.807) is 30.3 Å². The van der Waals surface area contributed by atoms with Crippen LogP contribution in [0.2, 0.25) is 5.02 Å². The number of halogens is 2. The predicted molar refractivity (Wildman–Crippen MR) is 78.9 cm³/mol. The van der Waals surface area contributed by atoms with E-state index in [9.17, 15) is 10.4 Å². The lowest BCUT2D eigenvalue weighted by Crippen LogP contribution is -2.09. The van der Waals surface area contributed by atoms with E-state index < -0.39 is 12.0 Å². The molecule has 4 heteroatoms. The Hall–Kier alpha value is -1.34. The smallest absolute Gasteiger partial charge is 0.101 e. The van der Waals surface area contributed by atoms with Crippen LogP contribution in [0, 0.1) is 11.3 Å². The van der Waals surface area contributed by atoms with E-state index in [1.165, 1.54) is 0 Å². The van der Waals surface area contributed by atoms with E-state index in [0.717, 1.165) is 4.47 Å². The Labute approximate surface area is 125 Å². The van der Waals surface area contributed by atoms with Gasteiger partial charge in [0.1, 0.15) is 5.92 Å². The average Bonchev–Trinajstić information content (AvgIpc) is 2.44. The number of hydrogen-bond acceptors (Lipinski definition) is 2. The lowest BCUT2D eigenvalue weighted by atomic mass is 9.90. The van der Waals surface area contributed by atoms with Gasteiger partial charge in [0, 0.05) is 4.47 Å². The van der Waals surface area contributed by atoms with E-state index in [4.69, 9.17) is 11.6 Å². The first-order valence-corrected chi connectivity index (χ1v) is 6.88. The van der Waals surface area contributed by atoms with E-state index in [1.807, 2.05) is 18.2 Å². The molecule has 2 nitrogen and oxygen atoms in total. The van der Waals surface area contributed by atoms with Crippen molar-refractivity contribution in [2.75, 3.05) is 0 Å². The van der Waals surface area contributed by atoms with Gasteiger partial charge in [-0.2, -0.15) is 5.26 Å². The number of nitrogens with zero attached hydrogens (tertiary/aromatic N) is 1. The van der Waals surface area contributed by atoms with Gasteiger partial charge in [-0.25, -0.2) is 0 Å². The maximum atomic E-state index is 10.3. The van der Waals surface area contributed by atoms with Gasteiger partial charge in [-0.15, -0.1) is 0 Å². The SMILES string of the molecule is N#CC(c1ccc(Br)c(Cl)c1)C(O)c1ccccc1. The summed E-state index contributed by atoms with van der Waals surface area (Å²) in [6.45, 7) is 0. The minimum atomic E-state index is -0.872. The summed E-state index contributed by atoms with van der Waals surface area (Å²) in [4.78, 5) is 0. The third kappa shape index (κ3) is 3.16. The molecule has 0 bridgehead atoms. The summed E-state index contributed by atoms with van der Waals surface area (Å²) in [6, 6.07) is 16.5. The summed E-state index contributed by atoms with van der Waals surface area (Å²) in [5, 5.41) is 20.1. The highest BCUT2D eigenvalue weighted by molar-refractivity contribution is 9.10. The number of hydrogen-bond donors (Lipinski definition) is 1. The normalized spacial score (nSPS) is 13.6. The van der Waals surface area contributed by atoms with Crippen LogP contribution >= 0.6 is 27.5 Å². The number of aliphatic hydroxyl groups is 1. The molecule has 0 heterocycles. The molecule has 2 unspecified atom stereocenters. The lowest BCUT2D eigenvalue weighted by Gasteiger charge is -2.17. The largest absolute Gasteiger partial charge is 0.387 e. The molecule has 0 spiro atoms. The molecule has 19 heavy (non-hydrogen) atoms. The molecule has 0 aliphatic heterocycles. The number of nitriles is 1. The third-order valence-corrected chi connectivity index (χ3v) is 4.13. The van der Waals surface area contributed by atoms with Gasteiger partial charge in [-0.1, -0.05) is 48.0 Å². The first kappa shape index (κ1) is 14.1. The molecular formula is C15H11BrClNO. The van der Waals surface area contributed by atoms with Crippen LogP contribution < -0.4 is 0 Å². The summed E-state index contributed by atoms with van der Waals surface area (Å²) in [5.41, 5.74) is 1.42. The Kier molecular flexibility index (Phi) is 4.60. The minimum Gasteiger partial charge on any atom is -0.387 e. The fourth-order valence-corrected chi connectivity index (χ4v) is 2.31. The Morgan fingerprint density at radius 1 is 1.11 bits per heavy atom. The topological polar surface area (TPSA) is 44.0 Å². The molecule has 2 atom stereocenters. The molecule has 96 valence electrons. The molecule has 2 rings (SSSR count). The van der Waals surface area contributed by atoms with Crippen molar-refractivity contribution in [1.82, 2.24) is 0 Å². The number of aliphatic hydroxyl groups excluding tert-OH is 1. The summed E-state index contributed by atoms with van der Waals surface area (Å²) < 4.78 is 0.767. The molecule has 0 saturated carbocycles. The van der Waals surface area contributed by atoms with Crippen LogP contribution in [-0.4, -0.2) is 5.11 Å². The van der Waals surface area contributed by atoms with Crippen LogP contribution in [0.4, 0.5) is 0 Å². The first-order valence-electron chi connectivity index (χ1n) is 5.71. The molecule has 0 fully saturated rings. The molecule has 0 saturated heterocycles. The van der Waals surface area contributed by atoms with Crippen molar-refractivity contribution in [3.05, 3.63) is 69.2 Å². The van der Waals surface area contributed by atoms with Crippen molar-refractivity contribution in [1.29, 1.82) is 5.26 Å². The summed E-state index contributed by atoms with van der Waals surface area (Å²) in [6.07, 6.45) is -0.872. The highest BCUT2D eigenvalue weighted by atomic mass is 79.9. The monoisotopic (exact) mass is 335 g/mol. The number of rotatable bonds is 3. The van der Waals surface area contributed by atoms with Gasteiger partial charge in [0.2, 0.25) is 0 Å².